The van der Waals surface area contributed by atoms with Gasteiger partial charge >= 0.3 is 12.2 Å². The lowest BCUT2D eigenvalue weighted by atomic mass is 10.1. The van der Waals surface area contributed by atoms with Gasteiger partial charge in [0, 0.05) is 24.5 Å². The van der Waals surface area contributed by atoms with Gasteiger partial charge in [-0.05, 0) is 102 Å². The number of rotatable bonds is 8. The molecule has 4 N–H and O–H groups in total. The van der Waals surface area contributed by atoms with E-state index in [1.807, 2.05) is 104 Å². The van der Waals surface area contributed by atoms with Crippen LogP contribution >= 0.6 is 12.2 Å². The lowest BCUT2D eigenvalue weighted by Crippen LogP contribution is -2.33. The molecule has 2 aromatic rings. The van der Waals surface area contributed by atoms with Crippen LogP contribution in [0.1, 0.15) is 66.5 Å². The Hall–Kier alpha value is -3.33. The molecule has 0 aliphatic heterocycles. The molecule has 0 radical (unpaired) electrons. The summed E-state index contributed by atoms with van der Waals surface area (Å²) in [6.45, 7) is 16.0. The summed E-state index contributed by atoms with van der Waals surface area (Å²) in [7, 11) is 0. The van der Waals surface area contributed by atoms with Crippen LogP contribution in [0.4, 0.5) is 21.0 Å². The molecule has 0 spiro atoms. The van der Waals surface area contributed by atoms with E-state index in [9.17, 15) is 9.59 Å². The van der Waals surface area contributed by atoms with Gasteiger partial charge in [0.25, 0.3) is 0 Å². The molecule has 0 aliphatic rings. The topological polar surface area (TPSA) is 101 Å². The average molecular weight is 545 g/mol. The van der Waals surface area contributed by atoms with Gasteiger partial charge in [-0.1, -0.05) is 38.1 Å². The number of hydrogen-bond acceptors (Lipinski definition) is 5. The number of thiocarbonyl (C=S) groups is 1. The van der Waals surface area contributed by atoms with Crippen molar-refractivity contribution < 1.29 is 19.1 Å². The molecular weight excluding hydrogens is 500 g/mol. The van der Waals surface area contributed by atoms with Crippen LogP contribution in [0.15, 0.2) is 48.5 Å². The molecule has 0 saturated carbocycles. The SMILES string of the molecule is CC.CC(C)(C)OC(=O)NCCc1ccc(NC(=S)Nc2ccc(CCNC(=O)OC(C)(C)C)cc2)cc1. The molecule has 0 bridgehead atoms. The number of alkyl carbamates (subject to hydrolysis) is 2. The Kier molecular flexibility index (Phi) is 13.6. The Labute approximate surface area is 233 Å². The standard InChI is InChI=1S/C27H38N4O4S.C2H6/c1-26(2,3)34-24(32)28-17-15-19-7-11-21(12-8-19)30-23(36)31-22-13-9-20(10-14-22)16-18-29-25(33)35-27(4,5)6;1-2/h7-14H,15-18H2,1-6H3,(H,28,32)(H,29,33)(H2,30,31,36);1-2H3. The van der Waals surface area contributed by atoms with Crippen LogP contribution in [0.3, 0.4) is 0 Å². The maximum absolute atomic E-state index is 11.7. The highest BCUT2D eigenvalue weighted by molar-refractivity contribution is 7.80. The Balaban J connectivity index is 0.00000352. The molecule has 0 atom stereocenters. The number of carbonyl (C=O) groups is 2. The highest BCUT2D eigenvalue weighted by Crippen LogP contribution is 2.14. The lowest BCUT2D eigenvalue weighted by molar-refractivity contribution is 0.0517. The molecule has 0 saturated heterocycles. The van der Waals surface area contributed by atoms with Gasteiger partial charge in [0.05, 0.1) is 0 Å². The molecule has 2 aromatic carbocycles. The number of nitrogens with one attached hydrogen (secondary N) is 4. The van der Waals surface area contributed by atoms with E-state index in [1.54, 1.807) is 0 Å². The lowest BCUT2D eigenvalue weighted by Gasteiger charge is -2.19. The van der Waals surface area contributed by atoms with Gasteiger partial charge in [-0.15, -0.1) is 0 Å². The van der Waals surface area contributed by atoms with Crippen LogP contribution < -0.4 is 21.3 Å². The normalized spacial score (nSPS) is 10.8. The van der Waals surface area contributed by atoms with E-state index in [-0.39, 0.29) is 0 Å². The van der Waals surface area contributed by atoms with Crippen molar-refractivity contribution in [1.29, 1.82) is 0 Å². The third-order valence-electron chi connectivity index (χ3n) is 4.59. The largest absolute Gasteiger partial charge is 0.444 e. The summed E-state index contributed by atoms with van der Waals surface area (Å²) in [4.78, 5) is 23.4. The summed E-state index contributed by atoms with van der Waals surface area (Å²) in [6, 6.07) is 15.7. The summed E-state index contributed by atoms with van der Waals surface area (Å²) in [5.41, 5.74) is 2.89. The molecule has 210 valence electrons. The zero-order valence-corrected chi connectivity index (χ0v) is 24.8. The molecule has 0 fully saturated rings. The summed E-state index contributed by atoms with van der Waals surface area (Å²) < 4.78 is 10.5. The van der Waals surface area contributed by atoms with Crippen molar-refractivity contribution in [2.45, 2.75) is 79.4 Å². The summed E-state index contributed by atoms with van der Waals surface area (Å²) in [6.07, 6.45) is 0.564. The second kappa shape index (κ2) is 15.8. The maximum Gasteiger partial charge on any atom is 0.407 e. The molecule has 0 heterocycles. The fourth-order valence-electron chi connectivity index (χ4n) is 3.05. The highest BCUT2D eigenvalue weighted by atomic mass is 32.1. The van der Waals surface area contributed by atoms with E-state index in [0.29, 0.717) is 31.0 Å². The first-order chi connectivity index (χ1) is 17.8. The van der Waals surface area contributed by atoms with Crippen LogP contribution in [-0.2, 0) is 22.3 Å². The quantitative estimate of drug-likeness (QED) is 0.276. The van der Waals surface area contributed by atoms with Crippen LogP contribution in [0.2, 0.25) is 0 Å². The fraction of sp³-hybridized carbons (Fsp3) is 0.483. The van der Waals surface area contributed by atoms with Crippen molar-refractivity contribution >= 4 is 40.9 Å². The minimum atomic E-state index is -0.507. The molecule has 8 nitrogen and oxygen atoms in total. The van der Waals surface area contributed by atoms with Crippen molar-refractivity contribution in [1.82, 2.24) is 10.6 Å². The summed E-state index contributed by atoms with van der Waals surface area (Å²) in [5.74, 6) is 0. The maximum atomic E-state index is 11.7. The van der Waals surface area contributed by atoms with E-state index in [4.69, 9.17) is 21.7 Å². The third-order valence-corrected chi connectivity index (χ3v) is 4.79. The van der Waals surface area contributed by atoms with Crippen LogP contribution in [0.5, 0.6) is 0 Å². The van der Waals surface area contributed by atoms with Crippen molar-refractivity contribution in [2.24, 2.45) is 0 Å². The number of ether oxygens (including phenoxy) is 2. The van der Waals surface area contributed by atoms with Crippen LogP contribution in [0, 0.1) is 0 Å². The van der Waals surface area contributed by atoms with E-state index >= 15 is 0 Å². The van der Waals surface area contributed by atoms with Crippen LogP contribution in [0.25, 0.3) is 0 Å². The van der Waals surface area contributed by atoms with Gasteiger partial charge in [0.15, 0.2) is 5.11 Å². The fourth-order valence-corrected chi connectivity index (χ4v) is 3.28. The minimum absolute atomic E-state index is 0.414. The van der Waals surface area contributed by atoms with Gasteiger partial charge in [0.1, 0.15) is 11.2 Å². The van der Waals surface area contributed by atoms with Gasteiger partial charge in [-0.3, -0.25) is 0 Å². The monoisotopic (exact) mass is 544 g/mol. The first-order valence-electron chi connectivity index (χ1n) is 13.0. The van der Waals surface area contributed by atoms with E-state index in [0.717, 1.165) is 22.5 Å². The second-order valence-corrected chi connectivity index (χ2v) is 10.7. The Morgan fingerprint density at radius 3 is 1.26 bits per heavy atom. The third kappa shape index (κ3) is 15.0. The van der Waals surface area contributed by atoms with Crippen LogP contribution in [-0.4, -0.2) is 41.6 Å². The van der Waals surface area contributed by atoms with Crippen molar-refractivity contribution in [3.05, 3.63) is 59.7 Å². The Morgan fingerprint density at radius 1 is 0.658 bits per heavy atom. The second-order valence-electron chi connectivity index (χ2n) is 10.3. The number of anilines is 2. The van der Waals surface area contributed by atoms with E-state index < -0.39 is 23.4 Å². The first-order valence-corrected chi connectivity index (χ1v) is 13.4. The predicted octanol–water partition coefficient (Wildman–Crippen LogP) is 6.66. The van der Waals surface area contributed by atoms with Crippen molar-refractivity contribution in [3.63, 3.8) is 0 Å². The van der Waals surface area contributed by atoms with Gasteiger partial charge in [-0.25, -0.2) is 9.59 Å². The molecule has 9 heteroatoms. The summed E-state index contributed by atoms with van der Waals surface area (Å²) >= 11 is 5.42. The van der Waals surface area contributed by atoms with Gasteiger partial charge < -0.3 is 30.7 Å². The van der Waals surface area contributed by atoms with E-state index in [2.05, 4.69) is 21.3 Å². The zero-order valence-electron chi connectivity index (χ0n) is 24.0. The van der Waals surface area contributed by atoms with E-state index in [1.165, 1.54) is 0 Å². The summed E-state index contributed by atoms with van der Waals surface area (Å²) in [5, 5.41) is 12.3. The van der Waals surface area contributed by atoms with Crippen molar-refractivity contribution in [2.75, 3.05) is 23.7 Å². The molecule has 0 aliphatic carbocycles. The number of benzene rings is 2. The molecule has 2 rings (SSSR count). The zero-order chi connectivity index (χ0) is 28.8. The van der Waals surface area contributed by atoms with Gasteiger partial charge in [-0.2, -0.15) is 0 Å². The molecule has 0 aromatic heterocycles. The van der Waals surface area contributed by atoms with Gasteiger partial charge in [0.2, 0.25) is 0 Å². The Morgan fingerprint density at radius 2 is 0.974 bits per heavy atom. The molecule has 38 heavy (non-hydrogen) atoms. The Bertz CT molecular complexity index is 929. The van der Waals surface area contributed by atoms with Crippen molar-refractivity contribution in [3.8, 4) is 0 Å². The molecular formula is C29H44N4O4S. The average Bonchev–Trinajstić information content (AvgIpc) is 2.80. The minimum Gasteiger partial charge on any atom is -0.444 e. The smallest absolute Gasteiger partial charge is 0.407 e. The molecule has 2 amide bonds. The number of hydrogen-bond donors (Lipinski definition) is 4. The molecule has 0 unspecified atom stereocenters. The number of carbonyl (C=O) groups excluding carboxylic acids is 2. The first kappa shape index (κ1) is 32.7. The predicted molar refractivity (Wildman–Crippen MR) is 160 cm³/mol. The highest BCUT2D eigenvalue weighted by Gasteiger charge is 2.16. The number of amides is 2.